The van der Waals surface area contributed by atoms with Crippen molar-refractivity contribution in [3.8, 4) is 0 Å². The van der Waals surface area contributed by atoms with E-state index in [1.165, 1.54) is 18.5 Å². The Bertz CT molecular complexity index is 562. The molecule has 0 spiro atoms. The molecule has 6 nitrogen and oxygen atoms in total. The number of anilines is 1. The van der Waals surface area contributed by atoms with Crippen molar-refractivity contribution in [1.29, 1.82) is 0 Å². The molecule has 2 rings (SSSR count). The van der Waals surface area contributed by atoms with Gasteiger partial charge in [-0.25, -0.2) is 14.8 Å². The average molecular weight is 270 g/mol. The van der Waals surface area contributed by atoms with Gasteiger partial charge < -0.3 is 15.5 Å². The summed E-state index contributed by atoms with van der Waals surface area (Å²) < 4.78 is 0. The third kappa shape index (κ3) is 2.85. The zero-order valence-electron chi connectivity index (χ0n) is 9.33. The molecule has 1 aromatic heterocycles. The van der Waals surface area contributed by atoms with Crippen molar-refractivity contribution >= 4 is 35.1 Å². The lowest BCUT2D eigenvalue weighted by molar-refractivity contribution is 0.0697. The van der Waals surface area contributed by atoms with Gasteiger partial charge >= 0.3 is 5.97 Å². The number of fused-ring (bicyclic) bond motifs is 1. The minimum Gasteiger partial charge on any atom is -0.478 e. The SMILES string of the molecule is Cl.O=C(O)c1ccc2c(NCCO)ncnc2c1. The molecular weight excluding hydrogens is 258 g/mol. The molecule has 0 bridgehead atoms. The van der Waals surface area contributed by atoms with Crippen LogP contribution in [0, 0.1) is 0 Å². The molecule has 1 heterocycles. The Morgan fingerprint density at radius 3 is 2.78 bits per heavy atom. The summed E-state index contributed by atoms with van der Waals surface area (Å²) in [6.45, 7) is 0.380. The van der Waals surface area contributed by atoms with Crippen LogP contribution in [-0.2, 0) is 0 Å². The topological polar surface area (TPSA) is 95.3 Å². The van der Waals surface area contributed by atoms with Gasteiger partial charge in [-0.3, -0.25) is 0 Å². The Hall–Kier alpha value is -1.92. The van der Waals surface area contributed by atoms with Crippen LogP contribution >= 0.6 is 12.4 Å². The molecular formula is C11H12ClN3O3. The fourth-order valence-electron chi connectivity index (χ4n) is 1.51. The smallest absolute Gasteiger partial charge is 0.335 e. The third-order valence-corrected chi connectivity index (χ3v) is 2.29. The van der Waals surface area contributed by atoms with Gasteiger partial charge in [0.2, 0.25) is 0 Å². The summed E-state index contributed by atoms with van der Waals surface area (Å²) in [5, 5.41) is 21.3. The number of nitrogens with one attached hydrogen (secondary N) is 1. The first-order valence-corrected chi connectivity index (χ1v) is 5.05. The zero-order chi connectivity index (χ0) is 12.3. The predicted molar refractivity (Wildman–Crippen MR) is 69.3 cm³/mol. The molecule has 2 aromatic rings. The third-order valence-electron chi connectivity index (χ3n) is 2.29. The average Bonchev–Trinajstić information content (AvgIpc) is 2.35. The number of carboxylic acid groups (broad SMARTS) is 1. The van der Waals surface area contributed by atoms with E-state index in [1.807, 2.05) is 0 Å². The zero-order valence-corrected chi connectivity index (χ0v) is 10.1. The summed E-state index contributed by atoms with van der Waals surface area (Å²) in [6, 6.07) is 4.64. The molecule has 0 amide bonds. The van der Waals surface area contributed by atoms with Gasteiger partial charge in [-0.1, -0.05) is 0 Å². The number of carboxylic acids is 1. The lowest BCUT2D eigenvalue weighted by atomic mass is 10.1. The number of rotatable bonds is 4. The number of halogens is 1. The fraction of sp³-hybridized carbons (Fsp3) is 0.182. The molecule has 0 atom stereocenters. The molecule has 0 radical (unpaired) electrons. The van der Waals surface area contributed by atoms with E-state index in [1.54, 1.807) is 6.07 Å². The largest absolute Gasteiger partial charge is 0.478 e. The summed E-state index contributed by atoms with van der Waals surface area (Å²) in [6.07, 6.45) is 1.35. The Morgan fingerprint density at radius 2 is 2.11 bits per heavy atom. The first-order valence-electron chi connectivity index (χ1n) is 5.05. The van der Waals surface area contributed by atoms with E-state index in [9.17, 15) is 4.79 Å². The van der Waals surface area contributed by atoms with Gasteiger partial charge in [0.1, 0.15) is 12.1 Å². The van der Waals surface area contributed by atoms with Gasteiger partial charge in [0, 0.05) is 11.9 Å². The van der Waals surface area contributed by atoms with E-state index in [4.69, 9.17) is 10.2 Å². The Kier molecular flexibility index (Phi) is 4.82. The summed E-state index contributed by atoms with van der Waals surface area (Å²) in [4.78, 5) is 18.9. The van der Waals surface area contributed by atoms with E-state index in [0.717, 1.165) is 5.39 Å². The quantitative estimate of drug-likeness (QED) is 0.771. The van der Waals surface area contributed by atoms with Crippen molar-refractivity contribution in [3.63, 3.8) is 0 Å². The normalized spacial score (nSPS) is 9.83. The van der Waals surface area contributed by atoms with Gasteiger partial charge in [-0.2, -0.15) is 0 Å². The van der Waals surface area contributed by atoms with Crippen LogP contribution < -0.4 is 5.32 Å². The summed E-state index contributed by atoms with van der Waals surface area (Å²) in [7, 11) is 0. The molecule has 0 unspecified atom stereocenters. The van der Waals surface area contributed by atoms with Gasteiger partial charge in [0.05, 0.1) is 17.7 Å². The van der Waals surface area contributed by atoms with Crippen LogP contribution in [-0.4, -0.2) is 39.3 Å². The van der Waals surface area contributed by atoms with E-state index in [2.05, 4.69) is 15.3 Å². The van der Waals surface area contributed by atoms with Crippen LogP contribution in [0.3, 0.4) is 0 Å². The highest BCUT2D eigenvalue weighted by molar-refractivity contribution is 5.96. The maximum Gasteiger partial charge on any atom is 0.335 e. The number of aliphatic hydroxyl groups is 1. The first kappa shape index (κ1) is 14.1. The minimum atomic E-state index is -0.990. The predicted octanol–water partition coefficient (Wildman–Crippen LogP) is 1.15. The lowest BCUT2D eigenvalue weighted by Gasteiger charge is -2.06. The molecule has 0 saturated heterocycles. The molecule has 0 aliphatic heterocycles. The van der Waals surface area contributed by atoms with Crippen molar-refractivity contribution in [2.24, 2.45) is 0 Å². The lowest BCUT2D eigenvalue weighted by Crippen LogP contribution is -2.07. The number of aromatic carboxylic acids is 1. The van der Waals surface area contributed by atoms with Crippen molar-refractivity contribution in [3.05, 3.63) is 30.1 Å². The maximum absolute atomic E-state index is 10.8. The van der Waals surface area contributed by atoms with Crippen molar-refractivity contribution in [2.45, 2.75) is 0 Å². The van der Waals surface area contributed by atoms with Gasteiger partial charge in [-0.05, 0) is 18.2 Å². The number of aromatic nitrogens is 2. The molecule has 0 aliphatic rings. The van der Waals surface area contributed by atoms with Crippen LogP contribution in [0.2, 0.25) is 0 Å². The Labute approximate surface area is 109 Å². The number of nitrogens with zero attached hydrogens (tertiary/aromatic N) is 2. The molecule has 18 heavy (non-hydrogen) atoms. The minimum absolute atomic E-state index is 0. The number of benzene rings is 1. The van der Waals surface area contributed by atoms with Crippen LogP contribution in [0.1, 0.15) is 10.4 Å². The second kappa shape index (κ2) is 6.13. The summed E-state index contributed by atoms with van der Waals surface area (Å²) in [5.41, 5.74) is 0.740. The van der Waals surface area contributed by atoms with Crippen molar-refractivity contribution in [2.75, 3.05) is 18.5 Å². The van der Waals surface area contributed by atoms with Crippen LogP contribution in [0.15, 0.2) is 24.5 Å². The van der Waals surface area contributed by atoms with Crippen LogP contribution in [0.25, 0.3) is 10.9 Å². The Morgan fingerprint density at radius 1 is 1.33 bits per heavy atom. The molecule has 0 saturated carbocycles. The number of hydrogen-bond acceptors (Lipinski definition) is 5. The van der Waals surface area contributed by atoms with E-state index < -0.39 is 5.97 Å². The number of aliphatic hydroxyl groups excluding tert-OH is 1. The van der Waals surface area contributed by atoms with E-state index >= 15 is 0 Å². The number of hydrogen-bond donors (Lipinski definition) is 3. The van der Waals surface area contributed by atoms with Gasteiger partial charge in [0.15, 0.2) is 0 Å². The molecule has 0 aliphatic carbocycles. The van der Waals surface area contributed by atoms with E-state index in [0.29, 0.717) is 17.9 Å². The molecule has 0 fully saturated rings. The van der Waals surface area contributed by atoms with Crippen molar-refractivity contribution in [1.82, 2.24) is 9.97 Å². The standard InChI is InChI=1S/C11H11N3O3.ClH/c15-4-3-12-10-8-2-1-7(11(16)17)5-9(8)13-6-14-10;/h1-2,5-6,15H,3-4H2,(H,16,17)(H,12,13,14);1H. The molecule has 1 aromatic carbocycles. The molecule has 96 valence electrons. The van der Waals surface area contributed by atoms with Gasteiger partial charge in [-0.15, -0.1) is 12.4 Å². The molecule has 7 heteroatoms. The molecule has 3 N–H and O–H groups in total. The summed E-state index contributed by atoms with van der Waals surface area (Å²) >= 11 is 0. The highest BCUT2D eigenvalue weighted by Gasteiger charge is 2.07. The Balaban J connectivity index is 0.00000162. The monoisotopic (exact) mass is 269 g/mol. The van der Waals surface area contributed by atoms with E-state index in [-0.39, 0.29) is 24.6 Å². The second-order valence-corrected chi connectivity index (χ2v) is 3.41. The van der Waals surface area contributed by atoms with Gasteiger partial charge in [0.25, 0.3) is 0 Å². The highest BCUT2D eigenvalue weighted by Crippen LogP contribution is 2.20. The summed E-state index contributed by atoms with van der Waals surface area (Å²) in [5.74, 6) is -0.406. The first-order chi connectivity index (χ1) is 8.22. The number of carbonyl (C=O) groups is 1. The second-order valence-electron chi connectivity index (χ2n) is 3.41. The fourth-order valence-corrected chi connectivity index (χ4v) is 1.51. The highest BCUT2D eigenvalue weighted by atomic mass is 35.5. The van der Waals surface area contributed by atoms with Crippen LogP contribution in [0.4, 0.5) is 5.82 Å². The van der Waals surface area contributed by atoms with Crippen molar-refractivity contribution < 1.29 is 15.0 Å². The maximum atomic E-state index is 10.8. The van der Waals surface area contributed by atoms with Crippen LogP contribution in [0.5, 0.6) is 0 Å².